The highest BCUT2D eigenvalue weighted by molar-refractivity contribution is 5.95. The van der Waals surface area contributed by atoms with Crippen molar-refractivity contribution >= 4 is 11.8 Å². The zero-order valence-electron chi connectivity index (χ0n) is 24.7. The van der Waals surface area contributed by atoms with Gasteiger partial charge >= 0.3 is 0 Å². The van der Waals surface area contributed by atoms with Gasteiger partial charge in [0.05, 0.1) is 13.0 Å². The molecule has 2 N–H and O–H groups in total. The highest BCUT2D eigenvalue weighted by atomic mass is 16.5. The molecule has 0 bridgehead atoms. The van der Waals surface area contributed by atoms with E-state index in [4.69, 9.17) is 9.47 Å². The molecular formula is C33H47N3O4. The van der Waals surface area contributed by atoms with Gasteiger partial charge in [-0.3, -0.25) is 9.59 Å². The van der Waals surface area contributed by atoms with Crippen LogP contribution in [-0.2, 0) is 16.0 Å². The highest BCUT2D eigenvalue weighted by Crippen LogP contribution is 2.42. The van der Waals surface area contributed by atoms with Crippen LogP contribution in [0.2, 0.25) is 0 Å². The van der Waals surface area contributed by atoms with Crippen molar-refractivity contribution in [1.82, 2.24) is 15.5 Å². The Balaban J connectivity index is 1.39. The molecule has 1 unspecified atom stereocenters. The van der Waals surface area contributed by atoms with Crippen molar-refractivity contribution < 1.29 is 19.1 Å². The highest BCUT2D eigenvalue weighted by Gasteiger charge is 2.38. The quantitative estimate of drug-likeness (QED) is 0.316. The van der Waals surface area contributed by atoms with Crippen molar-refractivity contribution in [2.75, 3.05) is 47.0 Å². The molecule has 40 heavy (non-hydrogen) atoms. The van der Waals surface area contributed by atoms with Crippen molar-refractivity contribution in [2.45, 2.75) is 57.9 Å². The number of rotatable bonds is 15. The zero-order chi connectivity index (χ0) is 28.5. The van der Waals surface area contributed by atoms with Crippen LogP contribution in [0.5, 0.6) is 5.75 Å². The van der Waals surface area contributed by atoms with Crippen LogP contribution >= 0.6 is 0 Å². The molecule has 0 aromatic heterocycles. The van der Waals surface area contributed by atoms with Crippen LogP contribution in [0.15, 0.2) is 48.5 Å². The maximum Gasteiger partial charge on any atom is 0.254 e. The molecular weight excluding hydrogens is 502 g/mol. The minimum Gasteiger partial charge on any atom is -0.496 e. The molecule has 1 saturated heterocycles. The molecule has 0 radical (unpaired) electrons. The van der Waals surface area contributed by atoms with Crippen LogP contribution in [0.25, 0.3) is 0 Å². The fourth-order valence-electron chi connectivity index (χ4n) is 5.92. The average Bonchev–Trinajstić information content (AvgIpc) is 3.69. The molecule has 2 aromatic carbocycles. The minimum absolute atomic E-state index is 0.0448. The van der Waals surface area contributed by atoms with Gasteiger partial charge in [-0.2, -0.15) is 0 Å². The van der Waals surface area contributed by atoms with Crippen molar-refractivity contribution in [2.24, 2.45) is 17.8 Å². The molecule has 2 aromatic rings. The van der Waals surface area contributed by atoms with Crippen molar-refractivity contribution in [3.05, 3.63) is 65.2 Å². The average molecular weight is 550 g/mol. The van der Waals surface area contributed by atoms with Crippen molar-refractivity contribution in [3.63, 3.8) is 0 Å². The topological polar surface area (TPSA) is 79.9 Å². The Hall–Kier alpha value is -2.90. The molecule has 2 fully saturated rings. The maximum atomic E-state index is 13.8. The van der Waals surface area contributed by atoms with E-state index >= 15 is 0 Å². The Bertz CT molecular complexity index is 1100. The summed E-state index contributed by atoms with van der Waals surface area (Å²) in [6, 6.07) is 16.0. The van der Waals surface area contributed by atoms with E-state index in [2.05, 4.69) is 36.6 Å². The Kier molecular flexibility index (Phi) is 11.0. The van der Waals surface area contributed by atoms with Gasteiger partial charge in [-0.15, -0.1) is 0 Å². The lowest BCUT2D eigenvalue weighted by Crippen LogP contribution is -2.44. The second kappa shape index (κ2) is 14.6. The number of methoxy groups -OCH3 is 2. The SMILES string of the molecule is COCCCCc1cc(C(=O)N(C[C@@H]2CNC[C@H]2CNC(=O)C(c2ccccc2)C2CC2)C(C)C)ccc1OC. The first-order valence-electron chi connectivity index (χ1n) is 14.9. The molecule has 1 heterocycles. The number of nitrogens with one attached hydrogen (secondary N) is 2. The lowest BCUT2D eigenvalue weighted by atomic mass is 9.91. The molecule has 1 saturated carbocycles. The standard InChI is InChI=1S/C33H47N3O4/c1-23(2)36(33(38)27-15-16-30(40-4)26(18-27)12-8-9-17-39-3)22-29-20-34-19-28(29)21-35-32(37)31(25-13-14-25)24-10-6-5-7-11-24/h5-7,10-11,15-16,18,23,25,28-29,31,34H,8-9,12-14,17,19-22H2,1-4H3,(H,35,37)/t28-,29-,31?/m0/s1. The lowest BCUT2D eigenvalue weighted by Gasteiger charge is -2.32. The van der Waals surface area contributed by atoms with Gasteiger partial charge in [-0.1, -0.05) is 30.3 Å². The number of unbranched alkanes of at least 4 members (excludes halogenated alkanes) is 1. The Morgan fingerprint density at radius 2 is 1.77 bits per heavy atom. The summed E-state index contributed by atoms with van der Waals surface area (Å²) < 4.78 is 10.8. The van der Waals surface area contributed by atoms with Crippen LogP contribution in [0.1, 0.15) is 66.9 Å². The van der Waals surface area contributed by atoms with Gasteiger partial charge in [0, 0.05) is 51.5 Å². The number of hydrogen-bond donors (Lipinski definition) is 2. The molecule has 4 rings (SSSR count). The Labute approximate surface area is 240 Å². The summed E-state index contributed by atoms with van der Waals surface area (Å²) in [5.74, 6) is 1.93. The molecule has 1 aliphatic heterocycles. The van der Waals surface area contributed by atoms with Gasteiger partial charge in [0.2, 0.25) is 5.91 Å². The van der Waals surface area contributed by atoms with Gasteiger partial charge in [0.1, 0.15) is 5.75 Å². The van der Waals surface area contributed by atoms with Gasteiger partial charge in [-0.05, 0) is 93.0 Å². The van der Waals surface area contributed by atoms with E-state index in [1.165, 1.54) is 0 Å². The number of aryl methyl sites for hydroxylation is 1. The summed E-state index contributed by atoms with van der Waals surface area (Å²) >= 11 is 0. The number of ether oxygens (including phenoxy) is 2. The number of nitrogens with zero attached hydrogens (tertiary/aromatic N) is 1. The van der Waals surface area contributed by atoms with Gasteiger partial charge < -0.3 is 25.0 Å². The van der Waals surface area contributed by atoms with E-state index in [0.29, 0.717) is 24.6 Å². The molecule has 7 nitrogen and oxygen atoms in total. The summed E-state index contributed by atoms with van der Waals surface area (Å²) in [6.07, 6.45) is 5.02. The first-order chi connectivity index (χ1) is 19.4. The van der Waals surface area contributed by atoms with Crippen LogP contribution in [-0.4, -0.2) is 69.8 Å². The third kappa shape index (κ3) is 7.85. The minimum atomic E-state index is -0.0680. The summed E-state index contributed by atoms with van der Waals surface area (Å²) in [5, 5.41) is 6.79. The molecule has 3 atom stereocenters. The maximum absolute atomic E-state index is 13.8. The first-order valence-corrected chi connectivity index (χ1v) is 14.9. The van der Waals surface area contributed by atoms with Gasteiger partial charge in [0.15, 0.2) is 0 Å². The normalized spacial score (nSPS) is 19.4. The number of carbonyl (C=O) groups excluding carboxylic acids is 2. The first kappa shape index (κ1) is 30.1. The largest absolute Gasteiger partial charge is 0.496 e. The van der Waals surface area contributed by atoms with E-state index in [9.17, 15) is 9.59 Å². The zero-order valence-corrected chi connectivity index (χ0v) is 24.7. The molecule has 2 aliphatic rings. The Morgan fingerprint density at radius 1 is 1.02 bits per heavy atom. The summed E-state index contributed by atoms with van der Waals surface area (Å²) in [7, 11) is 3.39. The molecule has 218 valence electrons. The Morgan fingerprint density at radius 3 is 2.45 bits per heavy atom. The number of amides is 2. The number of benzene rings is 2. The van der Waals surface area contributed by atoms with Crippen molar-refractivity contribution in [1.29, 1.82) is 0 Å². The summed E-state index contributed by atoms with van der Waals surface area (Å²) in [6.45, 7) is 7.85. The number of hydrogen-bond acceptors (Lipinski definition) is 5. The monoisotopic (exact) mass is 549 g/mol. The molecule has 0 spiro atoms. The third-order valence-corrected chi connectivity index (χ3v) is 8.44. The van der Waals surface area contributed by atoms with Crippen LogP contribution in [0.4, 0.5) is 0 Å². The predicted molar refractivity (Wildman–Crippen MR) is 159 cm³/mol. The molecule has 2 amide bonds. The molecule has 1 aliphatic carbocycles. The van der Waals surface area contributed by atoms with E-state index < -0.39 is 0 Å². The lowest BCUT2D eigenvalue weighted by molar-refractivity contribution is -0.123. The second-order valence-electron chi connectivity index (χ2n) is 11.7. The third-order valence-electron chi connectivity index (χ3n) is 8.44. The smallest absolute Gasteiger partial charge is 0.254 e. The summed E-state index contributed by atoms with van der Waals surface area (Å²) in [4.78, 5) is 29.1. The van der Waals surface area contributed by atoms with Gasteiger partial charge in [-0.25, -0.2) is 0 Å². The predicted octanol–water partition coefficient (Wildman–Crippen LogP) is 4.66. The fourth-order valence-corrected chi connectivity index (χ4v) is 5.92. The fraction of sp³-hybridized carbons (Fsp3) is 0.576. The van der Waals surface area contributed by atoms with Gasteiger partial charge in [0.25, 0.3) is 5.91 Å². The van der Waals surface area contributed by atoms with Crippen LogP contribution < -0.4 is 15.4 Å². The van der Waals surface area contributed by atoms with E-state index in [-0.39, 0.29) is 35.6 Å². The van der Waals surface area contributed by atoms with E-state index in [0.717, 1.165) is 68.7 Å². The second-order valence-corrected chi connectivity index (χ2v) is 11.7. The van der Waals surface area contributed by atoms with Crippen LogP contribution in [0.3, 0.4) is 0 Å². The summed E-state index contributed by atoms with van der Waals surface area (Å²) in [5.41, 5.74) is 2.86. The van der Waals surface area contributed by atoms with Crippen molar-refractivity contribution in [3.8, 4) is 5.75 Å². The van der Waals surface area contributed by atoms with E-state index in [1.807, 2.05) is 41.3 Å². The van der Waals surface area contributed by atoms with E-state index in [1.54, 1.807) is 14.2 Å². The molecule has 7 heteroatoms. The number of carbonyl (C=O) groups is 2. The van der Waals surface area contributed by atoms with Crippen LogP contribution in [0, 0.1) is 17.8 Å².